The van der Waals surface area contributed by atoms with Crippen molar-refractivity contribution in [3.8, 4) is 5.69 Å². The van der Waals surface area contributed by atoms with Crippen molar-refractivity contribution in [2.45, 2.75) is 39.5 Å². The van der Waals surface area contributed by atoms with Crippen molar-refractivity contribution in [1.82, 2.24) is 14.7 Å². The van der Waals surface area contributed by atoms with Crippen molar-refractivity contribution >= 4 is 17.8 Å². The summed E-state index contributed by atoms with van der Waals surface area (Å²) in [6.45, 7) is 5.22. The number of aromatic nitrogens is 2. The molecule has 0 atom stereocenters. The van der Waals surface area contributed by atoms with E-state index in [1.807, 2.05) is 26.0 Å². The Bertz CT molecular complexity index is 933. The third kappa shape index (κ3) is 4.87. The van der Waals surface area contributed by atoms with Gasteiger partial charge < -0.3 is 14.4 Å². The number of hydrogen-bond acceptors (Lipinski definition) is 6. The van der Waals surface area contributed by atoms with Gasteiger partial charge in [-0.15, -0.1) is 0 Å². The van der Waals surface area contributed by atoms with Crippen LogP contribution in [0.15, 0.2) is 24.3 Å². The van der Waals surface area contributed by atoms with Gasteiger partial charge in [-0.3, -0.25) is 9.59 Å². The van der Waals surface area contributed by atoms with Gasteiger partial charge in [0.2, 0.25) is 5.91 Å². The number of carbonyl (C=O) groups is 3. The first kappa shape index (κ1) is 21.5. The highest BCUT2D eigenvalue weighted by Gasteiger charge is 2.20. The molecule has 0 aliphatic carbocycles. The van der Waals surface area contributed by atoms with Crippen molar-refractivity contribution in [2.75, 3.05) is 26.8 Å². The van der Waals surface area contributed by atoms with Crippen molar-refractivity contribution in [1.29, 1.82) is 0 Å². The van der Waals surface area contributed by atoms with Gasteiger partial charge in [0.05, 0.1) is 30.6 Å². The monoisotopic (exact) mass is 413 g/mol. The number of ether oxygens (including phenoxy) is 2. The number of likely N-dealkylation sites (tertiary alicyclic amines) is 1. The molecule has 1 fully saturated rings. The van der Waals surface area contributed by atoms with Gasteiger partial charge in [-0.05, 0) is 56.5 Å². The van der Waals surface area contributed by atoms with Crippen LogP contribution >= 0.6 is 0 Å². The molecular formula is C22H27N3O5. The van der Waals surface area contributed by atoms with Crippen LogP contribution in [-0.4, -0.2) is 59.3 Å². The summed E-state index contributed by atoms with van der Waals surface area (Å²) in [4.78, 5) is 37.0. The van der Waals surface area contributed by atoms with Crippen LogP contribution in [0.25, 0.3) is 5.69 Å². The predicted molar refractivity (Wildman–Crippen MR) is 109 cm³/mol. The van der Waals surface area contributed by atoms with E-state index in [1.54, 1.807) is 21.7 Å². The molecule has 3 rings (SSSR count). The van der Waals surface area contributed by atoms with E-state index in [0.717, 1.165) is 35.6 Å². The SMILES string of the molecule is COC(=O)CCc1c(C)nn(-c2ccc(C(=O)OCCN3CCCC3=O)cc2)c1C. The number of benzene rings is 1. The number of hydrogen-bond donors (Lipinski definition) is 0. The largest absolute Gasteiger partial charge is 0.469 e. The van der Waals surface area contributed by atoms with Gasteiger partial charge >= 0.3 is 11.9 Å². The number of aryl methyl sites for hydroxylation is 1. The fourth-order valence-electron chi connectivity index (χ4n) is 3.63. The lowest BCUT2D eigenvalue weighted by Crippen LogP contribution is -2.29. The summed E-state index contributed by atoms with van der Waals surface area (Å²) in [5.74, 6) is -0.551. The minimum atomic E-state index is -0.416. The summed E-state index contributed by atoms with van der Waals surface area (Å²) in [5.41, 5.74) is 4.08. The minimum absolute atomic E-state index is 0.117. The van der Waals surface area contributed by atoms with Gasteiger partial charge in [0.1, 0.15) is 6.61 Å². The lowest BCUT2D eigenvalue weighted by atomic mass is 10.1. The summed E-state index contributed by atoms with van der Waals surface area (Å²) in [6.07, 6.45) is 2.31. The predicted octanol–water partition coefficient (Wildman–Crippen LogP) is 2.37. The second-order valence-corrected chi connectivity index (χ2v) is 7.30. The Morgan fingerprint density at radius 3 is 2.53 bits per heavy atom. The third-order valence-corrected chi connectivity index (χ3v) is 5.36. The average molecular weight is 413 g/mol. The van der Waals surface area contributed by atoms with Crippen LogP contribution in [0.1, 0.15) is 46.6 Å². The summed E-state index contributed by atoms with van der Waals surface area (Å²) in [5, 5.41) is 4.57. The molecule has 0 spiro atoms. The molecule has 0 bridgehead atoms. The van der Waals surface area contributed by atoms with Crippen LogP contribution in [0, 0.1) is 13.8 Å². The molecule has 30 heavy (non-hydrogen) atoms. The number of esters is 2. The Balaban J connectivity index is 1.61. The first-order valence-electron chi connectivity index (χ1n) is 10.1. The van der Waals surface area contributed by atoms with E-state index in [4.69, 9.17) is 9.47 Å². The molecule has 1 aliphatic heterocycles. The highest BCUT2D eigenvalue weighted by Crippen LogP contribution is 2.20. The number of carbonyl (C=O) groups excluding carboxylic acids is 3. The molecule has 1 aromatic carbocycles. The Morgan fingerprint density at radius 1 is 1.17 bits per heavy atom. The molecule has 0 unspecified atom stereocenters. The quantitative estimate of drug-likeness (QED) is 0.617. The molecule has 1 amide bonds. The molecular weight excluding hydrogens is 386 g/mol. The number of nitrogens with zero attached hydrogens (tertiary/aromatic N) is 3. The zero-order valence-electron chi connectivity index (χ0n) is 17.6. The van der Waals surface area contributed by atoms with Crippen LogP contribution in [0.3, 0.4) is 0 Å². The summed E-state index contributed by atoms with van der Waals surface area (Å²) < 4.78 is 11.8. The van der Waals surface area contributed by atoms with Crippen LogP contribution < -0.4 is 0 Å². The molecule has 8 heteroatoms. The Hall–Kier alpha value is -3.16. The molecule has 8 nitrogen and oxygen atoms in total. The van der Waals surface area contributed by atoms with Crippen molar-refractivity contribution in [3.63, 3.8) is 0 Å². The van der Waals surface area contributed by atoms with Crippen LogP contribution in [0.2, 0.25) is 0 Å². The molecule has 0 radical (unpaired) electrons. The highest BCUT2D eigenvalue weighted by molar-refractivity contribution is 5.89. The first-order valence-corrected chi connectivity index (χ1v) is 10.1. The zero-order chi connectivity index (χ0) is 21.7. The van der Waals surface area contributed by atoms with E-state index in [0.29, 0.717) is 31.4 Å². The van der Waals surface area contributed by atoms with Gasteiger partial charge in [0, 0.05) is 25.1 Å². The maximum absolute atomic E-state index is 12.3. The second kappa shape index (κ2) is 9.56. The van der Waals surface area contributed by atoms with Gasteiger partial charge in [-0.2, -0.15) is 5.10 Å². The topological polar surface area (TPSA) is 90.7 Å². The van der Waals surface area contributed by atoms with Crippen molar-refractivity contribution in [3.05, 3.63) is 46.8 Å². The smallest absolute Gasteiger partial charge is 0.338 e. The lowest BCUT2D eigenvalue weighted by molar-refractivity contribution is -0.140. The maximum Gasteiger partial charge on any atom is 0.338 e. The second-order valence-electron chi connectivity index (χ2n) is 7.30. The number of amides is 1. The van der Waals surface area contributed by atoms with Gasteiger partial charge in [0.15, 0.2) is 0 Å². The summed E-state index contributed by atoms with van der Waals surface area (Å²) >= 11 is 0. The molecule has 0 N–H and O–H groups in total. The Kier molecular flexibility index (Phi) is 6.87. The Morgan fingerprint density at radius 2 is 1.90 bits per heavy atom. The van der Waals surface area contributed by atoms with E-state index in [1.165, 1.54) is 7.11 Å². The standard InChI is InChI=1S/C22H27N3O5/c1-15-19(10-11-21(27)29-3)16(2)25(23-15)18-8-6-17(7-9-18)22(28)30-14-13-24-12-4-5-20(24)26/h6-9H,4-5,10-14H2,1-3H3. The molecule has 1 aliphatic rings. The number of methoxy groups -OCH3 is 1. The van der Waals surface area contributed by atoms with E-state index >= 15 is 0 Å². The van der Waals surface area contributed by atoms with Crippen LogP contribution in [0.4, 0.5) is 0 Å². The lowest BCUT2D eigenvalue weighted by Gasteiger charge is -2.15. The van der Waals surface area contributed by atoms with Crippen LogP contribution in [-0.2, 0) is 25.5 Å². The minimum Gasteiger partial charge on any atom is -0.469 e. The van der Waals surface area contributed by atoms with Crippen LogP contribution in [0.5, 0.6) is 0 Å². The number of rotatable bonds is 8. The van der Waals surface area contributed by atoms with Gasteiger partial charge in [0.25, 0.3) is 0 Å². The summed E-state index contributed by atoms with van der Waals surface area (Å²) in [7, 11) is 1.38. The van der Waals surface area contributed by atoms with E-state index in [9.17, 15) is 14.4 Å². The highest BCUT2D eigenvalue weighted by atomic mass is 16.5. The van der Waals surface area contributed by atoms with E-state index in [2.05, 4.69) is 5.10 Å². The molecule has 1 saturated heterocycles. The molecule has 2 aromatic rings. The van der Waals surface area contributed by atoms with Crippen molar-refractivity contribution in [2.24, 2.45) is 0 Å². The Labute approximate surface area is 175 Å². The summed E-state index contributed by atoms with van der Waals surface area (Å²) in [6, 6.07) is 7.01. The molecule has 0 saturated carbocycles. The zero-order valence-corrected chi connectivity index (χ0v) is 17.6. The third-order valence-electron chi connectivity index (χ3n) is 5.36. The molecule has 160 valence electrons. The van der Waals surface area contributed by atoms with Crippen molar-refractivity contribution < 1.29 is 23.9 Å². The molecule has 2 heterocycles. The maximum atomic E-state index is 12.3. The molecule has 1 aromatic heterocycles. The van der Waals surface area contributed by atoms with E-state index in [-0.39, 0.29) is 18.5 Å². The average Bonchev–Trinajstić information content (AvgIpc) is 3.28. The normalized spacial score (nSPS) is 13.6. The van der Waals surface area contributed by atoms with Gasteiger partial charge in [-0.1, -0.05) is 0 Å². The first-order chi connectivity index (χ1) is 14.4. The fraction of sp³-hybridized carbons (Fsp3) is 0.455. The van der Waals surface area contributed by atoms with Gasteiger partial charge in [-0.25, -0.2) is 9.48 Å². The van der Waals surface area contributed by atoms with E-state index < -0.39 is 5.97 Å². The fourth-order valence-corrected chi connectivity index (χ4v) is 3.63.